The first-order valence-electron chi connectivity index (χ1n) is 7.78. The number of benzene rings is 2. The third-order valence-electron chi connectivity index (χ3n) is 3.98. The van der Waals surface area contributed by atoms with Crippen LogP contribution >= 0.6 is 23.2 Å². The number of amides is 2. The molecule has 0 bridgehead atoms. The highest BCUT2D eigenvalue weighted by atomic mass is 35.5. The Morgan fingerprint density at radius 1 is 1.23 bits per heavy atom. The molecule has 2 aromatic carbocycles. The summed E-state index contributed by atoms with van der Waals surface area (Å²) < 4.78 is 13.0. The third kappa shape index (κ3) is 4.20. The monoisotopic (exact) mass is 393 g/mol. The summed E-state index contributed by atoms with van der Waals surface area (Å²) in [5.74, 6) is -1.49. The van der Waals surface area contributed by atoms with Gasteiger partial charge in [-0.2, -0.15) is 5.10 Å². The van der Waals surface area contributed by atoms with E-state index in [-0.39, 0.29) is 30.6 Å². The molecule has 134 valence electrons. The molecule has 2 amide bonds. The molecule has 0 aliphatic carbocycles. The maximum Gasteiger partial charge on any atom is 0.245 e. The first-order valence-corrected chi connectivity index (χ1v) is 8.53. The lowest BCUT2D eigenvalue weighted by atomic mass is 10.1. The number of hydrogen-bond donors (Lipinski definition) is 1. The maximum absolute atomic E-state index is 13.0. The molecule has 1 N–H and O–H groups in total. The van der Waals surface area contributed by atoms with Gasteiger partial charge in [0.1, 0.15) is 5.82 Å². The molecule has 26 heavy (non-hydrogen) atoms. The van der Waals surface area contributed by atoms with Gasteiger partial charge in [0, 0.05) is 29.2 Å². The molecular formula is C18H14Cl2FN3O2. The van der Waals surface area contributed by atoms with Crippen molar-refractivity contribution in [3.63, 3.8) is 0 Å². The van der Waals surface area contributed by atoms with Crippen LogP contribution in [0.25, 0.3) is 0 Å². The van der Waals surface area contributed by atoms with E-state index in [1.54, 1.807) is 18.2 Å². The van der Waals surface area contributed by atoms with Crippen molar-refractivity contribution in [3.8, 4) is 0 Å². The molecule has 1 heterocycles. The van der Waals surface area contributed by atoms with E-state index in [1.165, 1.54) is 35.4 Å². The Morgan fingerprint density at radius 3 is 2.65 bits per heavy atom. The van der Waals surface area contributed by atoms with Crippen LogP contribution in [0.15, 0.2) is 47.6 Å². The second kappa shape index (κ2) is 7.85. The smallest absolute Gasteiger partial charge is 0.245 e. The van der Waals surface area contributed by atoms with Gasteiger partial charge in [-0.25, -0.2) is 9.82 Å². The lowest BCUT2D eigenvalue weighted by Crippen LogP contribution is -2.30. The molecule has 0 saturated carbocycles. The largest absolute Gasteiger partial charge is 0.312 e. The van der Waals surface area contributed by atoms with Crippen molar-refractivity contribution in [2.45, 2.75) is 6.42 Å². The number of carbonyl (C=O) groups is 2. The van der Waals surface area contributed by atoms with E-state index in [9.17, 15) is 14.0 Å². The van der Waals surface area contributed by atoms with Crippen molar-refractivity contribution in [1.29, 1.82) is 0 Å². The fraction of sp³-hybridized carbons (Fsp3) is 0.167. The highest BCUT2D eigenvalue weighted by Crippen LogP contribution is 2.25. The predicted molar refractivity (Wildman–Crippen MR) is 99.1 cm³/mol. The van der Waals surface area contributed by atoms with Crippen LogP contribution in [0.4, 0.5) is 10.1 Å². The molecule has 5 nitrogen and oxygen atoms in total. The quantitative estimate of drug-likeness (QED) is 0.636. The first-order chi connectivity index (χ1) is 12.4. The number of nitrogens with zero attached hydrogens (tertiary/aromatic N) is 2. The molecule has 0 aromatic heterocycles. The van der Waals surface area contributed by atoms with Gasteiger partial charge in [0.25, 0.3) is 0 Å². The van der Waals surface area contributed by atoms with Gasteiger partial charge in [-0.3, -0.25) is 9.59 Å². The second-order valence-electron chi connectivity index (χ2n) is 5.78. The molecule has 0 spiro atoms. The number of halogens is 3. The van der Waals surface area contributed by atoms with Gasteiger partial charge in [-0.15, -0.1) is 0 Å². The van der Waals surface area contributed by atoms with Crippen LogP contribution < -0.4 is 10.3 Å². The van der Waals surface area contributed by atoms with Crippen molar-refractivity contribution < 1.29 is 14.0 Å². The highest BCUT2D eigenvalue weighted by Gasteiger charge is 2.35. The Kier molecular flexibility index (Phi) is 5.54. The molecule has 1 aliphatic rings. The Bertz CT molecular complexity index is 871. The fourth-order valence-electron chi connectivity index (χ4n) is 2.62. The normalized spacial score (nSPS) is 17.1. The van der Waals surface area contributed by atoms with Crippen LogP contribution in [0.3, 0.4) is 0 Å². The Labute approximate surface area is 159 Å². The summed E-state index contributed by atoms with van der Waals surface area (Å²) in [7, 11) is 0. The zero-order valence-corrected chi connectivity index (χ0v) is 15.0. The molecular weight excluding hydrogens is 380 g/mol. The van der Waals surface area contributed by atoms with Crippen molar-refractivity contribution in [1.82, 2.24) is 5.43 Å². The summed E-state index contributed by atoms with van der Waals surface area (Å²) in [5.41, 5.74) is 3.58. The summed E-state index contributed by atoms with van der Waals surface area (Å²) in [6.07, 6.45) is 1.48. The number of nitrogens with one attached hydrogen (secondary N) is 1. The lowest BCUT2D eigenvalue weighted by molar-refractivity contribution is -0.126. The summed E-state index contributed by atoms with van der Waals surface area (Å²) in [4.78, 5) is 25.8. The Morgan fingerprint density at radius 2 is 1.96 bits per heavy atom. The van der Waals surface area contributed by atoms with E-state index < -0.39 is 5.92 Å². The zero-order chi connectivity index (χ0) is 18.7. The summed E-state index contributed by atoms with van der Waals surface area (Å²) in [6.45, 7) is 0.216. The molecule has 1 atom stereocenters. The van der Waals surface area contributed by atoms with E-state index in [0.29, 0.717) is 21.3 Å². The number of rotatable bonds is 4. The zero-order valence-electron chi connectivity index (χ0n) is 13.5. The van der Waals surface area contributed by atoms with Gasteiger partial charge < -0.3 is 4.90 Å². The van der Waals surface area contributed by atoms with Gasteiger partial charge >= 0.3 is 0 Å². The van der Waals surface area contributed by atoms with Crippen molar-refractivity contribution >= 4 is 46.9 Å². The molecule has 2 aromatic rings. The molecule has 1 fully saturated rings. The number of carbonyl (C=O) groups excluding carboxylic acids is 2. The van der Waals surface area contributed by atoms with E-state index in [2.05, 4.69) is 10.5 Å². The van der Waals surface area contributed by atoms with Gasteiger partial charge in [-0.1, -0.05) is 29.3 Å². The average molecular weight is 394 g/mol. The van der Waals surface area contributed by atoms with Crippen LogP contribution in [-0.2, 0) is 9.59 Å². The molecule has 1 aliphatic heterocycles. The standard InChI is InChI=1S/C18H14Cl2FN3O2/c19-13-2-1-11(16(20)8-13)9-22-23-18(26)12-7-17(25)24(10-12)15-5-3-14(21)4-6-15/h1-6,8-9,12H,7,10H2,(H,23,26)/b22-9-/t12-/m1/s1. The third-order valence-corrected chi connectivity index (χ3v) is 4.54. The molecule has 1 saturated heterocycles. The second-order valence-corrected chi connectivity index (χ2v) is 6.63. The van der Waals surface area contributed by atoms with Crippen molar-refractivity contribution in [3.05, 3.63) is 63.9 Å². The van der Waals surface area contributed by atoms with E-state index in [4.69, 9.17) is 23.2 Å². The van der Waals surface area contributed by atoms with Crippen LogP contribution in [-0.4, -0.2) is 24.6 Å². The van der Waals surface area contributed by atoms with Crippen molar-refractivity contribution in [2.24, 2.45) is 11.0 Å². The number of hydrogen-bond acceptors (Lipinski definition) is 3. The predicted octanol–water partition coefficient (Wildman–Crippen LogP) is 3.64. The minimum atomic E-state index is -0.537. The first kappa shape index (κ1) is 18.4. The summed E-state index contributed by atoms with van der Waals surface area (Å²) in [6, 6.07) is 10.5. The Balaban J connectivity index is 1.61. The SMILES string of the molecule is O=C(N/N=C\c1ccc(Cl)cc1Cl)[C@@H]1CC(=O)N(c2ccc(F)cc2)C1. The number of hydrazone groups is 1. The topological polar surface area (TPSA) is 61.8 Å². The number of anilines is 1. The van der Waals surface area contributed by atoms with Crippen molar-refractivity contribution in [2.75, 3.05) is 11.4 Å². The van der Waals surface area contributed by atoms with E-state index in [1.807, 2.05) is 0 Å². The van der Waals surface area contributed by atoms with Crippen LogP contribution in [0, 0.1) is 11.7 Å². The summed E-state index contributed by atoms with van der Waals surface area (Å²) >= 11 is 11.8. The molecule has 0 radical (unpaired) electrons. The van der Waals surface area contributed by atoms with E-state index in [0.717, 1.165) is 0 Å². The molecule has 8 heteroatoms. The van der Waals surface area contributed by atoms with Gasteiger partial charge in [-0.05, 0) is 36.4 Å². The summed E-state index contributed by atoms with van der Waals surface area (Å²) in [5, 5.41) is 4.79. The maximum atomic E-state index is 13.0. The van der Waals surface area contributed by atoms with Crippen LogP contribution in [0.1, 0.15) is 12.0 Å². The molecule has 0 unspecified atom stereocenters. The van der Waals surface area contributed by atoms with E-state index >= 15 is 0 Å². The van der Waals surface area contributed by atoms with Crippen LogP contribution in [0.5, 0.6) is 0 Å². The minimum absolute atomic E-state index is 0.0699. The van der Waals surface area contributed by atoms with Gasteiger partial charge in [0.05, 0.1) is 17.2 Å². The van der Waals surface area contributed by atoms with Crippen LogP contribution in [0.2, 0.25) is 10.0 Å². The fourth-order valence-corrected chi connectivity index (χ4v) is 3.07. The average Bonchev–Trinajstić information content (AvgIpc) is 2.99. The minimum Gasteiger partial charge on any atom is -0.312 e. The molecule has 3 rings (SSSR count). The van der Waals surface area contributed by atoms with Gasteiger partial charge in [0.2, 0.25) is 11.8 Å². The lowest BCUT2D eigenvalue weighted by Gasteiger charge is -2.16. The Hall–Kier alpha value is -2.44. The highest BCUT2D eigenvalue weighted by molar-refractivity contribution is 6.36. The van der Waals surface area contributed by atoms with Gasteiger partial charge in [0.15, 0.2) is 0 Å².